The third-order valence-electron chi connectivity index (χ3n) is 10.8. The van der Waals surface area contributed by atoms with Crippen LogP contribution in [-0.2, 0) is 38.5 Å². The number of benzene rings is 4. The van der Waals surface area contributed by atoms with Gasteiger partial charge in [-0.1, -0.05) is 65.3 Å². The minimum Gasteiger partial charge on any atom is -0.485 e. The zero-order chi connectivity index (χ0) is 46.5. The van der Waals surface area contributed by atoms with E-state index in [-0.39, 0.29) is 44.2 Å². The first-order valence-corrected chi connectivity index (χ1v) is 21.1. The van der Waals surface area contributed by atoms with Crippen LogP contribution < -0.4 is 14.2 Å². The fourth-order valence-electron chi connectivity index (χ4n) is 7.64. The van der Waals surface area contributed by atoms with E-state index in [1.165, 1.54) is 12.0 Å². The van der Waals surface area contributed by atoms with Gasteiger partial charge in [0.1, 0.15) is 22.8 Å². The van der Waals surface area contributed by atoms with Crippen LogP contribution in [0.3, 0.4) is 0 Å². The van der Waals surface area contributed by atoms with Gasteiger partial charge < -0.3 is 43.1 Å². The van der Waals surface area contributed by atoms with E-state index in [2.05, 4.69) is 15.0 Å². The lowest BCUT2D eigenvalue weighted by Crippen LogP contribution is -2.36. The third-order valence-corrected chi connectivity index (χ3v) is 10.8. The van der Waals surface area contributed by atoms with Gasteiger partial charge in [-0.2, -0.15) is 4.98 Å². The van der Waals surface area contributed by atoms with Crippen molar-refractivity contribution in [3.8, 4) is 28.7 Å². The minimum atomic E-state index is -0.932. The quantitative estimate of drug-likeness (QED) is 0.0884. The van der Waals surface area contributed by atoms with Crippen LogP contribution in [0, 0.1) is 37.2 Å². The average Bonchev–Trinajstić information content (AvgIpc) is 4.05. The number of methoxy groups -OCH3 is 1. The third kappa shape index (κ3) is 13.5. The lowest BCUT2D eigenvalue weighted by molar-refractivity contribution is -0.146. The Balaban J connectivity index is 0.000000229. The van der Waals surface area contributed by atoms with Crippen molar-refractivity contribution in [2.75, 3.05) is 40.0 Å². The van der Waals surface area contributed by atoms with Gasteiger partial charge in [0.2, 0.25) is 5.82 Å². The summed E-state index contributed by atoms with van der Waals surface area (Å²) in [4.78, 5) is 59.8. The number of aromatic nitrogens is 2. The summed E-state index contributed by atoms with van der Waals surface area (Å²) in [5.74, 6) is -0.224. The van der Waals surface area contributed by atoms with Crippen molar-refractivity contribution in [3.63, 3.8) is 0 Å². The number of aryl methyl sites for hydroxylation is 1. The Morgan fingerprint density at radius 2 is 1.35 bits per heavy atom. The second-order valence-corrected chi connectivity index (χ2v) is 16.9. The molecule has 65 heavy (non-hydrogen) atoms. The Morgan fingerprint density at radius 1 is 0.769 bits per heavy atom. The van der Waals surface area contributed by atoms with Gasteiger partial charge in [0, 0.05) is 31.7 Å². The number of hydrogen-bond donors (Lipinski definition) is 1. The predicted octanol–water partition coefficient (Wildman–Crippen LogP) is 8.14. The molecule has 4 aromatic carbocycles. The number of esters is 1. The van der Waals surface area contributed by atoms with Gasteiger partial charge in [0.15, 0.2) is 6.61 Å². The van der Waals surface area contributed by atoms with Crippen LogP contribution in [-0.4, -0.2) is 94.8 Å². The molecule has 0 bridgehead atoms. The molecule has 0 radical (unpaired) electrons. The van der Waals surface area contributed by atoms with Crippen molar-refractivity contribution < 1.29 is 52.5 Å². The molecule has 1 aromatic heterocycles. The van der Waals surface area contributed by atoms with E-state index < -0.39 is 35.6 Å². The molecule has 2 aliphatic rings. The Labute approximate surface area is 377 Å². The number of aliphatic carboxylic acids is 1. The molecule has 16 heteroatoms. The molecule has 340 valence electrons. The monoisotopic (exact) mass is 887 g/mol. The van der Waals surface area contributed by atoms with Gasteiger partial charge >= 0.3 is 30.9 Å². The van der Waals surface area contributed by atoms with E-state index in [9.17, 15) is 24.3 Å². The normalized spacial score (nSPS) is 17.8. The highest BCUT2D eigenvalue weighted by molar-refractivity contribution is 5.77. The zero-order valence-electron chi connectivity index (χ0n) is 37.0. The summed E-state index contributed by atoms with van der Waals surface area (Å²) >= 11 is 0. The molecule has 2 aliphatic heterocycles. The van der Waals surface area contributed by atoms with Gasteiger partial charge in [-0.15, -0.1) is 0 Å². The molecule has 2 amide bonds. The number of ether oxygens (including phenoxy) is 5. The first-order chi connectivity index (χ1) is 31.2. The smallest absolute Gasteiger partial charge is 0.415 e. The van der Waals surface area contributed by atoms with Crippen LogP contribution >= 0.6 is 0 Å². The predicted molar refractivity (Wildman–Crippen MR) is 237 cm³/mol. The van der Waals surface area contributed by atoms with Gasteiger partial charge in [-0.3, -0.25) is 14.4 Å². The Morgan fingerprint density at radius 3 is 1.95 bits per heavy atom. The molecule has 0 saturated carbocycles. The Bertz CT molecular complexity index is 2440. The molecule has 2 saturated heterocycles. The topological polar surface area (TPSA) is 184 Å². The lowest BCUT2D eigenvalue weighted by Gasteiger charge is -2.24. The van der Waals surface area contributed by atoms with Gasteiger partial charge in [0.25, 0.3) is 5.89 Å². The van der Waals surface area contributed by atoms with E-state index in [0.717, 1.165) is 22.3 Å². The number of hydrogen-bond acceptors (Lipinski definition) is 12. The number of nitrogens with zero attached hydrogens (tertiary/aromatic N) is 5. The summed E-state index contributed by atoms with van der Waals surface area (Å²) in [6.07, 6.45) is 0.0948. The highest BCUT2D eigenvalue weighted by atomic mass is 16.6. The fourth-order valence-corrected chi connectivity index (χ4v) is 7.64. The van der Waals surface area contributed by atoms with Crippen LogP contribution in [0.2, 0.25) is 0 Å². The van der Waals surface area contributed by atoms with Crippen LogP contribution in [0.25, 0.3) is 16.3 Å². The second-order valence-electron chi connectivity index (χ2n) is 16.9. The van der Waals surface area contributed by atoms with Crippen molar-refractivity contribution in [2.24, 2.45) is 23.7 Å². The first-order valence-electron chi connectivity index (χ1n) is 21.1. The lowest BCUT2D eigenvalue weighted by atomic mass is 9.89. The van der Waals surface area contributed by atoms with Gasteiger partial charge in [-0.25, -0.2) is 16.2 Å². The first kappa shape index (κ1) is 47.1. The molecule has 4 atom stereocenters. The maximum Gasteiger partial charge on any atom is 0.415 e. The number of likely N-dealkylation sites (tertiary alicyclic amines) is 2. The van der Waals surface area contributed by atoms with Crippen molar-refractivity contribution in [3.05, 3.63) is 137 Å². The molecule has 0 aliphatic carbocycles. The number of carbonyl (C=O) groups excluding carboxylic acids is 3. The van der Waals surface area contributed by atoms with Crippen LogP contribution in [0.4, 0.5) is 9.59 Å². The maximum atomic E-state index is 12.6. The molecule has 5 aromatic rings. The number of carboxylic acid groups (broad SMARTS) is 1. The van der Waals surface area contributed by atoms with E-state index in [0.29, 0.717) is 54.9 Å². The minimum absolute atomic E-state index is 0.0376. The van der Waals surface area contributed by atoms with E-state index in [4.69, 9.17) is 34.8 Å². The summed E-state index contributed by atoms with van der Waals surface area (Å²) in [5, 5.41) is 13.8. The average molecular weight is 888 g/mol. The van der Waals surface area contributed by atoms with E-state index in [1.54, 1.807) is 35.2 Å². The SMILES string of the molecule is Cc1ccc(-c2nc(COc3cccc(C[C@@H]4CN(C(=O)Oc5ccccc5)C[C@@H]4C(=O)O)c3)no2)cc1.[C-]#[N+]COc1cccc(CC2CN(C(=O)OC(C)(C)C)C[C@@H]2C(=O)OC)c1. The molecule has 3 heterocycles. The summed E-state index contributed by atoms with van der Waals surface area (Å²) in [7, 11) is 1.36. The number of para-hydroxylation sites is 1. The van der Waals surface area contributed by atoms with E-state index in [1.807, 2.05) is 100 Å². The van der Waals surface area contributed by atoms with Crippen molar-refractivity contribution in [1.82, 2.24) is 19.9 Å². The molecule has 7 rings (SSSR count). The Hall–Kier alpha value is -7.41. The second kappa shape index (κ2) is 21.8. The van der Waals surface area contributed by atoms with Crippen LogP contribution in [0.5, 0.6) is 17.2 Å². The molecule has 1 unspecified atom stereocenters. The number of rotatable bonds is 13. The fraction of sp³-hybridized carbons (Fsp3) is 0.367. The maximum absolute atomic E-state index is 12.6. The molecule has 16 nitrogen and oxygen atoms in total. The van der Waals surface area contributed by atoms with Crippen LogP contribution in [0.1, 0.15) is 43.3 Å². The number of carboxylic acids is 1. The molecule has 1 N–H and O–H groups in total. The number of carbonyl (C=O) groups is 4. The van der Waals surface area contributed by atoms with E-state index >= 15 is 0 Å². The number of amides is 2. The van der Waals surface area contributed by atoms with Crippen molar-refractivity contribution in [2.45, 2.75) is 52.7 Å². The van der Waals surface area contributed by atoms with Crippen LogP contribution in [0.15, 0.2) is 108 Å². The van der Waals surface area contributed by atoms with Crippen molar-refractivity contribution in [1.29, 1.82) is 0 Å². The Kier molecular flexibility index (Phi) is 15.8. The van der Waals surface area contributed by atoms with Crippen molar-refractivity contribution >= 4 is 24.1 Å². The molecular weight excluding hydrogens is 835 g/mol. The molecule has 0 spiro atoms. The van der Waals surface area contributed by atoms with Gasteiger partial charge in [-0.05, 0) is 112 Å². The molecular formula is C49H53N5O11. The van der Waals surface area contributed by atoms with Gasteiger partial charge in [0.05, 0.1) is 18.9 Å². The zero-order valence-corrected chi connectivity index (χ0v) is 37.0. The molecule has 2 fully saturated rings. The highest BCUT2D eigenvalue weighted by Crippen LogP contribution is 2.32. The largest absolute Gasteiger partial charge is 0.485 e. The summed E-state index contributed by atoms with van der Waals surface area (Å²) in [6, 6.07) is 31.4. The summed E-state index contributed by atoms with van der Waals surface area (Å²) in [5.41, 5.74) is 3.27. The summed E-state index contributed by atoms with van der Waals surface area (Å²) < 4.78 is 32.3. The standard InChI is InChI=1S/C29H27N3O6.C20H26N2O5/c1-19-10-12-21(13-11-19)27-30-26(31-38-27)18-36-24-9-5-6-20(15-24)14-22-16-32(17-25(22)28(33)34)29(35)37-23-7-3-2-4-8-23;1-20(2,3)27-19(24)22-11-15(17(12-22)18(23)25-5)9-14-7-6-8-16(10-14)26-13-21-4/h2-13,15,22,25H,14,16-18H2,1H3,(H,33,34);6-8,10,15,17H,9,11-13H2,1-3,5H3/t22-,25+;15?,17-/m10/s1. The highest BCUT2D eigenvalue weighted by Gasteiger charge is 2.42. The summed E-state index contributed by atoms with van der Waals surface area (Å²) in [6.45, 7) is 15.4.